The van der Waals surface area contributed by atoms with E-state index in [1.165, 1.54) is 5.69 Å². The van der Waals surface area contributed by atoms with E-state index in [-0.39, 0.29) is 0 Å². The van der Waals surface area contributed by atoms with E-state index >= 15 is 0 Å². The van der Waals surface area contributed by atoms with Crippen molar-refractivity contribution in [1.29, 1.82) is 0 Å². The number of para-hydroxylation sites is 1. The number of benzene rings is 1. The minimum atomic E-state index is 0.592. The molecule has 0 saturated carbocycles. The molecule has 2 aromatic rings. The van der Waals surface area contributed by atoms with Gasteiger partial charge in [0, 0.05) is 31.5 Å². The predicted octanol–water partition coefficient (Wildman–Crippen LogP) is 2.81. The molecule has 4 nitrogen and oxygen atoms in total. The lowest BCUT2D eigenvalue weighted by Crippen LogP contribution is -2.35. The number of aryl methyl sites for hydroxylation is 1. The number of hydrogen-bond acceptors (Lipinski definition) is 3. The van der Waals surface area contributed by atoms with Crippen molar-refractivity contribution >= 4 is 28.8 Å². The fourth-order valence-corrected chi connectivity index (χ4v) is 2.13. The molecule has 0 bridgehead atoms. The van der Waals surface area contributed by atoms with Gasteiger partial charge < -0.3 is 15.5 Å². The van der Waals surface area contributed by atoms with Crippen molar-refractivity contribution in [2.45, 2.75) is 6.92 Å². The van der Waals surface area contributed by atoms with Crippen LogP contribution >= 0.6 is 12.2 Å². The van der Waals surface area contributed by atoms with Crippen LogP contribution in [0.4, 0.5) is 11.5 Å². The Morgan fingerprint density at radius 3 is 2.62 bits per heavy atom. The number of rotatable bonds is 5. The van der Waals surface area contributed by atoms with Crippen molar-refractivity contribution in [3.8, 4) is 0 Å². The second-order valence-electron chi connectivity index (χ2n) is 4.80. The smallest absolute Gasteiger partial charge is 0.172 e. The fourth-order valence-electron chi connectivity index (χ4n) is 1.92. The minimum Gasteiger partial charge on any atom is -0.373 e. The van der Waals surface area contributed by atoms with Gasteiger partial charge >= 0.3 is 0 Å². The van der Waals surface area contributed by atoms with Gasteiger partial charge in [0.1, 0.15) is 5.82 Å². The molecule has 2 N–H and O–H groups in total. The summed E-state index contributed by atoms with van der Waals surface area (Å²) in [6.07, 6.45) is 0. The molecule has 0 fully saturated rings. The van der Waals surface area contributed by atoms with Crippen molar-refractivity contribution in [1.82, 2.24) is 10.3 Å². The first kappa shape index (κ1) is 15.3. The van der Waals surface area contributed by atoms with Gasteiger partial charge in [-0.3, -0.25) is 0 Å². The molecule has 0 unspecified atom stereocenters. The largest absolute Gasteiger partial charge is 0.373 e. The molecule has 0 atom stereocenters. The zero-order chi connectivity index (χ0) is 15.1. The van der Waals surface area contributed by atoms with Gasteiger partial charge in [-0.15, -0.1) is 0 Å². The molecular formula is C16H20N4S. The van der Waals surface area contributed by atoms with Gasteiger partial charge in [-0.25, -0.2) is 4.98 Å². The summed E-state index contributed by atoms with van der Waals surface area (Å²) in [5.74, 6) is 0.768. The van der Waals surface area contributed by atoms with Gasteiger partial charge in [0.25, 0.3) is 0 Å². The minimum absolute atomic E-state index is 0.592. The summed E-state index contributed by atoms with van der Waals surface area (Å²) in [6.45, 7) is 3.59. The van der Waals surface area contributed by atoms with Crippen molar-refractivity contribution in [3.63, 3.8) is 0 Å². The monoisotopic (exact) mass is 300 g/mol. The SMILES string of the molecule is Cc1cccc(NC(=S)NCCN(C)c2ccccc2)n1. The molecule has 110 valence electrons. The molecule has 0 aliphatic rings. The van der Waals surface area contributed by atoms with Crippen LogP contribution in [0.15, 0.2) is 48.5 Å². The van der Waals surface area contributed by atoms with Gasteiger partial charge in [-0.2, -0.15) is 0 Å². The van der Waals surface area contributed by atoms with E-state index in [0.29, 0.717) is 5.11 Å². The van der Waals surface area contributed by atoms with E-state index in [2.05, 4.69) is 39.7 Å². The molecule has 21 heavy (non-hydrogen) atoms. The Labute approximate surface area is 131 Å². The van der Waals surface area contributed by atoms with E-state index in [9.17, 15) is 0 Å². The van der Waals surface area contributed by atoms with Crippen molar-refractivity contribution in [2.75, 3.05) is 30.4 Å². The van der Waals surface area contributed by atoms with E-state index in [4.69, 9.17) is 12.2 Å². The highest BCUT2D eigenvalue weighted by molar-refractivity contribution is 7.80. The van der Waals surface area contributed by atoms with Gasteiger partial charge in [0.05, 0.1) is 0 Å². The second-order valence-corrected chi connectivity index (χ2v) is 5.21. The molecule has 1 heterocycles. The zero-order valence-corrected chi connectivity index (χ0v) is 13.2. The Morgan fingerprint density at radius 1 is 1.14 bits per heavy atom. The summed E-state index contributed by atoms with van der Waals surface area (Å²) >= 11 is 5.27. The van der Waals surface area contributed by atoms with Crippen LogP contribution in [0.1, 0.15) is 5.69 Å². The van der Waals surface area contributed by atoms with Gasteiger partial charge in [0.15, 0.2) is 5.11 Å². The van der Waals surface area contributed by atoms with Crippen LogP contribution in [0.2, 0.25) is 0 Å². The molecule has 1 aromatic heterocycles. The highest BCUT2D eigenvalue weighted by Crippen LogP contribution is 2.09. The average Bonchev–Trinajstić information content (AvgIpc) is 2.48. The summed E-state index contributed by atoms with van der Waals surface area (Å²) < 4.78 is 0. The summed E-state index contributed by atoms with van der Waals surface area (Å²) in [5.41, 5.74) is 2.16. The molecule has 0 aliphatic carbocycles. The molecule has 0 aliphatic heterocycles. The second kappa shape index (κ2) is 7.59. The van der Waals surface area contributed by atoms with Crippen molar-refractivity contribution < 1.29 is 0 Å². The van der Waals surface area contributed by atoms with Crippen LogP contribution in [0, 0.1) is 6.92 Å². The Balaban J connectivity index is 1.74. The van der Waals surface area contributed by atoms with Crippen LogP contribution in [-0.2, 0) is 0 Å². The lowest BCUT2D eigenvalue weighted by Gasteiger charge is -2.20. The first-order chi connectivity index (χ1) is 10.1. The molecule has 0 saturated heterocycles. The predicted molar refractivity (Wildman–Crippen MR) is 92.9 cm³/mol. The highest BCUT2D eigenvalue weighted by Gasteiger charge is 2.01. The molecule has 5 heteroatoms. The Kier molecular flexibility index (Phi) is 5.51. The van der Waals surface area contributed by atoms with Crippen LogP contribution in [0.3, 0.4) is 0 Å². The Bertz CT molecular complexity index is 586. The molecule has 0 spiro atoms. The number of pyridine rings is 1. The first-order valence-electron chi connectivity index (χ1n) is 6.90. The van der Waals surface area contributed by atoms with Gasteiger partial charge in [-0.1, -0.05) is 24.3 Å². The van der Waals surface area contributed by atoms with Crippen LogP contribution < -0.4 is 15.5 Å². The molecule has 0 amide bonds. The van der Waals surface area contributed by atoms with E-state index in [1.54, 1.807) is 0 Å². The maximum atomic E-state index is 5.27. The maximum Gasteiger partial charge on any atom is 0.172 e. The number of aromatic nitrogens is 1. The van der Waals surface area contributed by atoms with Gasteiger partial charge in [-0.05, 0) is 43.4 Å². The van der Waals surface area contributed by atoms with Crippen molar-refractivity contribution in [2.24, 2.45) is 0 Å². The number of hydrogen-bond donors (Lipinski definition) is 2. The number of nitrogens with one attached hydrogen (secondary N) is 2. The maximum absolute atomic E-state index is 5.27. The van der Waals surface area contributed by atoms with Crippen LogP contribution in [0.25, 0.3) is 0 Å². The van der Waals surface area contributed by atoms with Gasteiger partial charge in [0.2, 0.25) is 0 Å². The standard InChI is InChI=1S/C16H20N4S/c1-13-7-6-10-15(18-13)19-16(21)17-11-12-20(2)14-8-4-3-5-9-14/h3-10H,11-12H2,1-2H3,(H2,17,18,19,21). The van der Waals surface area contributed by atoms with Crippen LogP contribution in [0.5, 0.6) is 0 Å². The summed E-state index contributed by atoms with van der Waals surface area (Å²) in [7, 11) is 2.07. The quantitative estimate of drug-likeness (QED) is 0.831. The van der Waals surface area contributed by atoms with E-state index in [1.807, 2.05) is 43.3 Å². The third kappa shape index (κ3) is 5.04. The third-order valence-corrected chi connectivity index (χ3v) is 3.31. The molecular weight excluding hydrogens is 280 g/mol. The molecule has 1 aromatic carbocycles. The molecule has 0 radical (unpaired) electrons. The van der Waals surface area contributed by atoms with E-state index in [0.717, 1.165) is 24.6 Å². The summed E-state index contributed by atoms with van der Waals surface area (Å²) in [5, 5.41) is 6.87. The normalized spacial score (nSPS) is 10.0. The third-order valence-electron chi connectivity index (χ3n) is 3.06. The number of thiocarbonyl (C=S) groups is 1. The van der Waals surface area contributed by atoms with E-state index < -0.39 is 0 Å². The topological polar surface area (TPSA) is 40.2 Å². The average molecular weight is 300 g/mol. The van der Waals surface area contributed by atoms with Crippen LogP contribution in [-0.4, -0.2) is 30.2 Å². The number of anilines is 2. The lowest BCUT2D eigenvalue weighted by molar-refractivity contribution is 0.827. The van der Waals surface area contributed by atoms with Crippen molar-refractivity contribution in [3.05, 3.63) is 54.2 Å². The zero-order valence-electron chi connectivity index (χ0n) is 12.3. The fraction of sp³-hybridized carbons (Fsp3) is 0.250. The molecule has 2 rings (SSSR count). The lowest BCUT2D eigenvalue weighted by atomic mass is 10.3. The Hall–Kier alpha value is -2.14. The number of nitrogens with zero attached hydrogens (tertiary/aromatic N) is 2. The Morgan fingerprint density at radius 2 is 1.90 bits per heavy atom. The highest BCUT2D eigenvalue weighted by atomic mass is 32.1. The number of likely N-dealkylation sites (N-methyl/N-ethyl adjacent to an activating group) is 1. The first-order valence-corrected chi connectivity index (χ1v) is 7.30. The summed E-state index contributed by atoms with van der Waals surface area (Å²) in [4.78, 5) is 6.54. The summed E-state index contributed by atoms with van der Waals surface area (Å²) in [6, 6.07) is 16.1.